The Kier molecular flexibility index (Phi) is 7.55. The molecule has 1 N–H and O–H groups in total. The summed E-state index contributed by atoms with van der Waals surface area (Å²) < 4.78 is 10.8. The van der Waals surface area contributed by atoms with Crippen LogP contribution >= 0.6 is 39.1 Å². The number of amides is 4. The number of halogens is 3. The summed E-state index contributed by atoms with van der Waals surface area (Å²) in [7, 11) is 0. The first-order valence-electron chi connectivity index (χ1n) is 9.15. The van der Waals surface area contributed by atoms with Crippen LogP contribution in [0.15, 0.2) is 46.4 Å². The van der Waals surface area contributed by atoms with E-state index >= 15 is 0 Å². The number of nitrogens with one attached hydrogen (secondary N) is 1. The van der Waals surface area contributed by atoms with E-state index in [1.807, 2.05) is 0 Å². The highest BCUT2D eigenvalue weighted by atomic mass is 79.9. The molecule has 11 heteroatoms. The Balaban J connectivity index is 1.89. The highest BCUT2D eigenvalue weighted by Crippen LogP contribution is 2.35. The minimum Gasteiger partial charge on any atom is -0.479 e. The van der Waals surface area contributed by atoms with Crippen molar-refractivity contribution >= 4 is 74.7 Å². The van der Waals surface area contributed by atoms with Gasteiger partial charge in [0.2, 0.25) is 0 Å². The first-order valence-corrected chi connectivity index (χ1v) is 10.7. The maximum absolute atomic E-state index is 12.9. The quantitative estimate of drug-likeness (QED) is 0.331. The lowest BCUT2D eigenvalue weighted by molar-refractivity contribution is -0.145. The summed E-state index contributed by atoms with van der Waals surface area (Å²) in [5, 5.41) is 2.24. The number of carbonyl (C=O) groups excluding carboxylic acids is 4. The minimum atomic E-state index is -0.863. The standard InChI is InChI=1S/C21H15BrCl2N2O6/c1-2-31-17(27)10-32-18-15(23)8-11(9-16(18)24)7-14-19(28)25-21(30)26(20(14)29)13-5-3-12(22)4-6-13/h3-9H,2,10H2,1H3,(H,25,28,30)/b14-7+. The van der Waals surface area contributed by atoms with E-state index in [-0.39, 0.29) is 33.7 Å². The predicted octanol–water partition coefficient (Wildman–Crippen LogP) is 4.36. The molecule has 1 fully saturated rings. The molecule has 0 bridgehead atoms. The molecule has 0 unspecified atom stereocenters. The van der Waals surface area contributed by atoms with Gasteiger partial charge in [0.25, 0.3) is 11.8 Å². The number of hydrogen-bond donors (Lipinski definition) is 1. The average molecular weight is 542 g/mol. The third-order valence-electron chi connectivity index (χ3n) is 4.16. The van der Waals surface area contributed by atoms with E-state index in [9.17, 15) is 19.2 Å². The molecule has 1 aliphatic heterocycles. The summed E-state index contributed by atoms with van der Waals surface area (Å²) in [6.45, 7) is 1.47. The molecule has 166 valence electrons. The molecular formula is C21H15BrCl2N2O6. The van der Waals surface area contributed by atoms with Crippen molar-refractivity contribution in [2.45, 2.75) is 6.92 Å². The molecule has 0 spiro atoms. The fraction of sp³-hybridized carbons (Fsp3) is 0.143. The fourth-order valence-electron chi connectivity index (χ4n) is 2.78. The van der Waals surface area contributed by atoms with Gasteiger partial charge in [-0.15, -0.1) is 0 Å². The molecule has 1 aliphatic rings. The van der Waals surface area contributed by atoms with Crippen molar-refractivity contribution in [3.63, 3.8) is 0 Å². The Bertz CT molecular complexity index is 1110. The summed E-state index contributed by atoms with van der Waals surface area (Å²) in [5.41, 5.74) is 0.305. The SMILES string of the molecule is CCOC(=O)COc1c(Cl)cc(/C=C2\C(=O)NC(=O)N(c3ccc(Br)cc3)C2=O)cc1Cl. The zero-order valence-electron chi connectivity index (χ0n) is 16.5. The lowest BCUT2D eigenvalue weighted by Crippen LogP contribution is -2.54. The predicted molar refractivity (Wildman–Crippen MR) is 122 cm³/mol. The number of rotatable bonds is 6. The zero-order chi connectivity index (χ0) is 23.4. The van der Waals surface area contributed by atoms with Crippen LogP contribution in [0.4, 0.5) is 10.5 Å². The number of ether oxygens (including phenoxy) is 2. The van der Waals surface area contributed by atoms with Gasteiger partial charge in [-0.25, -0.2) is 14.5 Å². The number of esters is 1. The summed E-state index contributed by atoms with van der Waals surface area (Å²) in [5.74, 6) is -2.21. The van der Waals surface area contributed by atoms with Crippen LogP contribution < -0.4 is 15.0 Å². The van der Waals surface area contributed by atoms with Gasteiger partial charge in [0.15, 0.2) is 12.4 Å². The Morgan fingerprint density at radius 1 is 1.12 bits per heavy atom. The molecule has 0 aliphatic carbocycles. The Labute approximate surface area is 201 Å². The third-order valence-corrected chi connectivity index (χ3v) is 5.25. The van der Waals surface area contributed by atoms with Crippen LogP contribution in [-0.2, 0) is 19.1 Å². The van der Waals surface area contributed by atoms with Crippen molar-refractivity contribution in [3.8, 4) is 5.75 Å². The number of barbiturate groups is 1. The van der Waals surface area contributed by atoms with Gasteiger partial charge in [0, 0.05) is 4.47 Å². The van der Waals surface area contributed by atoms with E-state index in [4.69, 9.17) is 32.7 Å². The largest absolute Gasteiger partial charge is 0.479 e. The van der Waals surface area contributed by atoms with Crippen LogP contribution in [0, 0.1) is 0 Å². The number of carbonyl (C=O) groups is 4. The van der Waals surface area contributed by atoms with E-state index in [0.717, 1.165) is 9.37 Å². The summed E-state index contributed by atoms with van der Waals surface area (Å²) in [4.78, 5) is 49.8. The van der Waals surface area contributed by atoms with E-state index in [1.165, 1.54) is 18.2 Å². The van der Waals surface area contributed by atoms with Gasteiger partial charge in [0.05, 0.1) is 22.3 Å². The van der Waals surface area contributed by atoms with Gasteiger partial charge in [-0.2, -0.15) is 0 Å². The normalized spacial score (nSPS) is 15.1. The molecule has 0 radical (unpaired) electrons. The van der Waals surface area contributed by atoms with Crippen LogP contribution in [0.1, 0.15) is 12.5 Å². The van der Waals surface area contributed by atoms with Crippen LogP contribution in [0.25, 0.3) is 6.08 Å². The lowest BCUT2D eigenvalue weighted by Gasteiger charge is -2.26. The van der Waals surface area contributed by atoms with E-state index in [2.05, 4.69) is 21.2 Å². The first kappa shape index (κ1) is 23.8. The van der Waals surface area contributed by atoms with Crippen LogP contribution in [0.3, 0.4) is 0 Å². The summed E-state index contributed by atoms with van der Waals surface area (Å²) in [6, 6.07) is 8.37. The van der Waals surface area contributed by atoms with Crippen molar-refractivity contribution in [1.29, 1.82) is 0 Å². The van der Waals surface area contributed by atoms with E-state index in [1.54, 1.807) is 31.2 Å². The molecule has 2 aromatic carbocycles. The van der Waals surface area contributed by atoms with Gasteiger partial charge in [-0.1, -0.05) is 39.1 Å². The molecule has 3 rings (SSSR count). The van der Waals surface area contributed by atoms with Gasteiger partial charge < -0.3 is 9.47 Å². The van der Waals surface area contributed by atoms with Crippen LogP contribution in [-0.4, -0.2) is 37.0 Å². The number of imide groups is 2. The molecule has 0 saturated carbocycles. The lowest BCUT2D eigenvalue weighted by atomic mass is 10.1. The van der Waals surface area contributed by atoms with Crippen molar-refractivity contribution < 1.29 is 28.7 Å². The first-order chi connectivity index (χ1) is 15.2. The third kappa shape index (κ3) is 5.29. The van der Waals surface area contributed by atoms with E-state index in [0.29, 0.717) is 5.56 Å². The molecule has 0 aromatic heterocycles. The van der Waals surface area contributed by atoms with Gasteiger partial charge in [0.1, 0.15) is 5.57 Å². The molecule has 2 aromatic rings. The second-order valence-corrected chi connectivity index (χ2v) is 8.07. The van der Waals surface area contributed by atoms with Crippen LogP contribution in [0.2, 0.25) is 10.0 Å². The van der Waals surface area contributed by atoms with E-state index < -0.39 is 30.4 Å². The number of benzene rings is 2. The molecule has 4 amide bonds. The second-order valence-electron chi connectivity index (χ2n) is 6.34. The highest BCUT2D eigenvalue weighted by molar-refractivity contribution is 9.10. The van der Waals surface area contributed by atoms with Crippen molar-refractivity contribution in [1.82, 2.24) is 5.32 Å². The number of urea groups is 1. The smallest absolute Gasteiger partial charge is 0.344 e. The van der Waals surface area contributed by atoms with Crippen molar-refractivity contribution in [2.24, 2.45) is 0 Å². The Hall–Kier alpha value is -2.88. The molecule has 8 nitrogen and oxygen atoms in total. The van der Waals surface area contributed by atoms with Gasteiger partial charge in [-0.3, -0.25) is 14.9 Å². The van der Waals surface area contributed by atoms with Gasteiger partial charge >= 0.3 is 12.0 Å². The monoisotopic (exact) mass is 540 g/mol. The summed E-state index contributed by atoms with van der Waals surface area (Å²) >= 11 is 15.7. The number of anilines is 1. The summed E-state index contributed by atoms with van der Waals surface area (Å²) in [6.07, 6.45) is 1.25. The Morgan fingerprint density at radius 3 is 2.34 bits per heavy atom. The zero-order valence-corrected chi connectivity index (χ0v) is 19.6. The Morgan fingerprint density at radius 2 is 1.75 bits per heavy atom. The molecule has 1 saturated heterocycles. The molecule has 1 heterocycles. The fourth-order valence-corrected chi connectivity index (χ4v) is 3.66. The number of hydrogen-bond acceptors (Lipinski definition) is 6. The highest BCUT2D eigenvalue weighted by Gasteiger charge is 2.36. The second kappa shape index (κ2) is 10.2. The van der Waals surface area contributed by atoms with Crippen molar-refractivity contribution in [3.05, 3.63) is 62.1 Å². The van der Waals surface area contributed by atoms with Crippen LogP contribution in [0.5, 0.6) is 5.75 Å². The molecule has 0 atom stereocenters. The average Bonchev–Trinajstić information content (AvgIpc) is 2.72. The topological polar surface area (TPSA) is 102 Å². The minimum absolute atomic E-state index is 0.0506. The molecular weight excluding hydrogens is 527 g/mol. The van der Waals surface area contributed by atoms with Crippen molar-refractivity contribution in [2.75, 3.05) is 18.1 Å². The number of nitrogens with zero attached hydrogens (tertiary/aromatic N) is 1. The maximum Gasteiger partial charge on any atom is 0.344 e. The molecule has 32 heavy (non-hydrogen) atoms. The van der Waals surface area contributed by atoms with Gasteiger partial charge in [-0.05, 0) is 55.0 Å². The maximum atomic E-state index is 12.9.